The molecule has 0 saturated heterocycles. The molecule has 2 aromatic carbocycles. The highest BCUT2D eigenvalue weighted by atomic mass is 32.1. The molecule has 0 bridgehead atoms. The SMILES string of the molecule is CCN1C/C(=C/c2ccc(-c3ccc(F)cc3)s2)c2nc3ccccc3c(C(=O)O)c2C1. The maximum absolute atomic E-state index is 13.3. The number of aromatic carboxylic acids is 1. The molecule has 160 valence electrons. The van der Waals surface area contributed by atoms with Gasteiger partial charge in [0.25, 0.3) is 0 Å². The minimum absolute atomic E-state index is 0.251. The summed E-state index contributed by atoms with van der Waals surface area (Å²) < 4.78 is 13.3. The van der Waals surface area contributed by atoms with Crippen LogP contribution in [0.3, 0.4) is 0 Å². The highest BCUT2D eigenvalue weighted by molar-refractivity contribution is 7.16. The Morgan fingerprint density at radius 1 is 1.12 bits per heavy atom. The van der Waals surface area contributed by atoms with Crippen molar-refractivity contribution < 1.29 is 14.3 Å². The maximum atomic E-state index is 13.3. The number of carboxylic acid groups (broad SMARTS) is 1. The average Bonchev–Trinajstić information content (AvgIpc) is 3.26. The predicted molar refractivity (Wildman–Crippen MR) is 127 cm³/mol. The molecule has 0 aliphatic carbocycles. The van der Waals surface area contributed by atoms with Crippen LogP contribution in [0.4, 0.5) is 4.39 Å². The molecule has 0 amide bonds. The summed E-state index contributed by atoms with van der Waals surface area (Å²) in [5.41, 5.74) is 4.55. The van der Waals surface area contributed by atoms with Crippen LogP contribution in [0.2, 0.25) is 0 Å². The van der Waals surface area contributed by atoms with Gasteiger partial charge in [-0.1, -0.05) is 37.3 Å². The first-order valence-electron chi connectivity index (χ1n) is 10.5. The van der Waals surface area contributed by atoms with Crippen LogP contribution in [0.5, 0.6) is 0 Å². The van der Waals surface area contributed by atoms with E-state index in [-0.39, 0.29) is 5.82 Å². The summed E-state index contributed by atoms with van der Waals surface area (Å²) in [4.78, 5) is 21.5. The van der Waals surface area contributed by atoms with Crippen molar-refractivity contribution in [2.45, 2.75) is 13.5 Å². The number of rotatable bonds is 4. The number of hydrogen-bond donors (Lipinski definition) is 1. The maximum Gasteiger partial charge on any atom is 0.336 e. The smallest absolute Gasteiger partial charge is 0.336 e. The second kappa shape index (κ2) is 8.30. The largest absolute Gasteiger partial charge is 0.478 e. The van der Waals surface area contributed by atoms with Gasteiger partial charge in [0.05, 0.1) is 16.8 Å². The lowest BCUT2D eigenvalue weighted by Crippen LogP contribution is -2.31. The fourth-order valence-electron chi connectivity index (χ4n) is 4.22. The van der Waals surface area contributed by atoms with Crippen LogP contribution < -0.4 is 0 Å². The van der Waals surface area contributed by atoms with Crippen LogP contribution >= 0.6 is 11.3 Å². The number of hydrogen-bond acceptors (Lipinski definition) is 4. The third-order valence-electron chi connectivity index (χ3n) is 5.81. The lowest BCUT2D eigenvalue weighted by Gasteiger charge is -2.30. The molecule has 6 heteroatoms. The normalized spacial score (nSPS) is 15.2. The van der Waals surface area contributed by atoms with Crippen LogP contribution in [-0.2, 0) is 6.54 Å². The molecule has 3 heterocycles. The minimum atomic E-state index is -0.924. The highest BCUT2D eigenvalue weighted by Gasteiger charge is 2.28. The Balaban J connectivity index is 1.64. The Morgan fingerprint density at radius 2 is 1.91 bits per heavy atom. The Labute approximate surface area is 189 Å². The van der Waals surface area contributed by atoms with Gasteiger partial charge < -0.3 is 5.11 Å². The van der Waals surface area contributed by atoms with Gasteiger partial charge in [0, 0.05) is 33.8 Å². The molecule has 1 aliphatic heterocycles. The topological polar surface area (TPSA) is 53.4 Å². The van der Waals surface area contributed by atoms with Crippen molar-refractivity contribution in [3.63, 3.8) is 0 Å². The van der Waals surface area contributed by atoms with E-state index in [9.17, 15) is 14.3 Å². The van der Waals surface area contributed by atoms with Crippen molar-refractivity contribution in [3.8, 4) is 10.4 Å². The fourth-order valence-corrected chi connectivity index (χ4v) is 5.20. The molecule has 1 N–H and O–H groups in total. The Morgan fingerprint density at radius 3 is 2.66 bits per heavy atom. The molecule has 2 aromatic heterocycles. The molecule has 0 unspecified atom stereocenters. The van der Waals surface area contributed by atoms with Crippen molar-refractivity contribution in [2.75, 3.05) is 13.1 Å². The summed E-state index contributed by atoms with van der Waals surface area (Å²) in [5, 5.41) is 10.7. The average molecular weight is 445 g/mol. The molecule has 4 aromatic rings. The summed E-state index contributed by atoms with van der Waals surface area (Å²) in [6.07, 6.45) is 2.10. The van der Waals surface area contributed by atoms with Crippen LogP contribution in [0.1, 0.15) is 33.4 Å². The number of aromatic nitrogens is 1. The number of halogens is 1. The summed E-state index contributed by atoms with van der Waals surface area (Å²) in [5.74, 6) is -1.18. The minimum Gasteiger partial charge on any atom is -0.478 e. The molecular formula is C26H21FN2O2S. The second-order valence-electron chi connectivity index (χ2n) is 7.82. The molecule has 4 nitrogen and oxygen atoms in total. The molecule has 5 rings (SSSR count). The highest BCUT2D eigenvalue weighted by Crippen LogP contribution is 2.36. The first kappa shape index (κ1) is 20.5. The number of carbonyl (C=O) groups is 1. The zero-order valence-electron chi connectivity index (χ0n) is 17.5. The monoisotopic (exact) mass is 444 g/mol. The number of fused-ring (bicyclic) bond motifs is 2. The summed E-state index contributed by atoms with van der Waals surface area (Å²) in [7, 11) is 0. The molecular weight excluding hydrogens is 423 g/mol. The van der Waals surface area contributed by atoms with E-state index in [1.807, 2.05) is 36.4 Å². The molecule has 0 fully saturated rings. The number of thiophene rings is 1. The number of pyridine rings is 1. The van der Waals surface area contributed by atoms with Crippen molar-refractivity contribution in [3.05, 3.63) is 88.2 Å². The van der Waals surface area contributed by atoms with Crippen LogP contribution in [0, 0.1) is 5.82 Å². The van der Waals surface area contributed by atoms with Gasteiger partial charge in [-0.3, -0.25) is 4.90 Å². The lowest BCUT2D eigenvalue weighted by atomic mass is 9.92. The standard InChI is InChI=1S/C26H21FN2O2S/c1-2-29-14-17(13-19-11-12-23(32-19)16-7-9-18(27)10-8-16)25-21(15-29)24(26(30)31)20-5-3-4-6-22(20)28-25/h3-13H,2,14-15H2,1H3,(H,30,31)/b17-13-. The lowest BCUT2D eigenvalue weighted by molar-refractivity contribution is 0.0696. The van der Waals surface area contributed by atoms with Gasteiger partial charge in [-0.05, 0) is 54.1 Å². The van der Waals surface area contributed by atoms with Crippen LogP contribution in [-0.4, -0.2) is 34.0 Å². The van der Waals surface area contributed by atoms with Crippen molar-refractivity contribution in [1.82, 2.24) is 9.88 Å². The Bertz CT molecular complexity index is 1360. The van der Waals surface area contributed by atoms with Gasteiger partial charge in [-0.25, -0.2) is 14.2 Å². The molecule has 0 radical (unpaired) electrons. The quantitative estimate of drug-likeness (QED) is 0.409. The molecule has 0 atom stereocenters. The second-order valence-corrected chi connectivity index (χ2v) is 8.93. The van der Waals surface area contributed by atoms with Crippen molar-refractivity contribution >= 4 is 39.9 Å². The number of para-hydroxylation sites is 1. The molecule has 1 aliphatic rings. The fraction of sp³-hybridized carbons (Fsp3) is 0.154. The van der Waals surface area contributed by atoms with E-state index >= 15 is 0 Å². The third kappa shape index (κ3) is 3.72. The van der Waals surface area contributed by atoms with Crippen LogP contribution in [0.15, 0.2) is 60.7 Å². The van der Waals surface area contributed by atoms with E-state index in [0.29, 0.717) is 29.6 Å². The van der Waals surface area contributed by atoms with E-state index in [4.69, 9.17) is 4.98 Å². The zero-order chi connectivity index (χ0) is 22.2. The summed E-state index contributed by atoms with van der Waals surface area (Å²) in [6.45, 7) is 4.16. The Kier molecular flexibility index (Phi) is 5.33. The predicted octanol–water partition coefficient (Wildman–Crippen LogP) is 6.18. The van der Waals surface area contributed by atoms with E-state index in [0.717, 1.165) is 38.7 Å². The molecule has 0 spiro atoms. The van der Waals surface area contributed by atoms with Gasteiger partial charge >= 0.3 is 5.97 Å². The Hall–Kier alpha value is -3.35. The van der Waals surface area contributed by atoms with Crippen molar-refractivity contribution in [2.24, 2.45) is 0 Å². The van der Waals surface area contributed by atoms with Gasteiger partial charge in [-0.2, -0.15) is 0 Å². The molecule has 0 saturated carbocycles. The van der Waals surface area contributed by atoms with Gasteiger partial charge in [-0.15, -0.1) is 11.3 Å². The van der Waals surface area contributed by atoms with E-state index in [2.05, 4.69) is 17.9 Å². The number of likely N-dealkylation sites (N-methyl/N-ethyl adjacent to an activating group) is 1. The van der Waals surface area contributed by atoms with E-state index in [1.165, 1.54) is 12.1 Å². The third-order valence-corrected chi connectivity index (χ3v) is 6.89. The van der Waals surface area contributed by atoms with E-state index < -0.39 is 5.97 Å². The first-order chi connectivity index (χ1) is 15.5. The number of carboxylic acids is 1. The number of benzene rings is 2. The zero-order valence-corrected chi connectivity index (χ0v) is 18.3. The molecule has 32 heavy (non-hydrogen) atoms. The van der Waals surface area contributed by atoms with E-state index in [1.54, 1.807) is 23.5 Å². The first-order valence-corrected chi connectivity index (χ1v) is 11.3. The van der Waals surface area contributed by atoms with Crippen molar-refractivity contribution in [1.29, 1.82) is 0 Å². The summed E-state index contributed by atoms with van der Waals surface area (Å²) >= 11 is 1.62. The van der Waals surface area contributed by atoms with Crippen LogP contribution in [0.25, 0.3) is 33.0 Å². The number of nitrogens with zero attached hydrogens (tertiary/aromatic N) is 2. The van der Waals surface area contributed by atoms with Gasteiger partial charge in [0.2, 0.25) is 0 Å². The van der Waals surface area contributed by atoms with Gasteiger partial charge in [0.1, 0.15) is 5.82 Å². The van der Waals surface area contributed by atoms with Gasteiger partial charge in [0.15, 0.2) is 0 Å². The summed E-state index contributed by atoms with van der Waals surface area (Å²) in [6, 6.07) is 18.0.